The molecule has 3 nitrogen and oxygen atoms in total. The second kappa shape index (κ2) is 6.43. The van der Waals surface area contributed by atoms with Crippen LogP contribution in [0.25, 0.3) is 10.2 Å². The summed E-state index contributed by atoms with van der Waals surface area (Å²) in [6, 6.07) is 15.9. The number of fused-ring (bicyclic) bond motifs is 1. The predicted molar refractivity (Wildman–Crippen MR) is 89.2 cm³/mol. The smallest absolute Gasteiger partial charge is 0.186 e. The minimum atomic E-state index is 0.101. The highest BCUT2D eigenvalue weighted by Gasteiger charge is 2.12. The molecular weight excluding hydrogens is 304 g/mol. The maximum atomic E-state index is 9.31. The van der Waals surface area contributed by atoms with Crippen LogP contribution < -0.4 is 4.90 Å². The van der Waals surface area contributed by atoms with Crippen LogP contribution in [0.3, 0.4) is 0 Å². The Morgan fingerprint density at radius 3 is 2.71 bits per heavy atom. The summed E-state index contributed by atoms with van der Waals surface area (Å²) in [4.78, 5) is 6.73. The second-order valence-electron chi connectivity index (χ2n) is 4.74. The van der Waals surface area contributed by atoms with Gasteiger partial charge in [-0.1, -0.05) is 53.3 Å². The van der Waals surface area contributed by atoms with E-state index in [1.807, 2.05) is 36.4 Å². The third-order valence-corrected chi connectivity index (χ3v) is 4.51. The highest BCUT2D eigenvalue weighted by molar-refractivity contribution is 7.22. The van der Waals surface area contributed by atoms with Crippen molar-refractivity contribution in [3.8, 4) is 0 Å². The Morgan fingerprint density at radius 2 is 1.95 bits per heavy atom. The molecule has 3 rings (SSSR count). The molecule has 1 heterocycles. The van der Waals surface area contributed by atoms with E-state index in [0.29, 0.717) is 6.54 Å². The number of benzene rings is 2. The van der Waals surface area contributed by atoms with Crippen LogP contribution in [0.15, 0.2) is 48.5 Å². The Bertz CT molecular complexity index is 729. The zero-order valence-electron chi connectivity index (χ0n) is 11.4. The average Bonchev–Trinajstić information content (AvgIpc) is 2.91. The number of thiazole rings is 1. The molecule has 0 saturated heterocycles. The van der Waals surface area contributed by atoms with Crippen LogP contribution in [0.5, 0.6) is 0 Å². The summed E-state index contributed by atoms with van der Waals surface area (Å²) in [5.41, 5.74) is 2.14. The lowest BCUT2D eigenvalue weighted by atomic mass is 10.2. The predicted octanol–water partition coefficient (Wildman–Crippen LogP) is 3.95. The molecule has 0 radical (unpaired) electrons. The van der Waals surface area contributed by atoms with Crippen LogP contribution in [0.2, 0.25) is 5.02 Å². The van der Waals surface area contributed by atoms with E-state index < -0.39 is 0 Å². The van der Waals surface area contributed by atoms with Gasteiger partial charge in [-0.3, -0.25) is 0 Å². The van der Waals surface area contributed by atoms with Crippen molar-refractivity contribution in [3.63, 3.8) is 0 Å². The Hall–Kier alpha value is -1.62. The summed E-state index contributed by atoms with van der Waals surface area (Å²) in [6.07, 6.45) is 0. The minimum Gasteiger partial charge on any atom is -0.395 e. The van der Waals surface area contributed by atoms with Crippen molar-refractivity contribution in [2.75, 3.05) is 18.1 Å². The normalized spacial score (nSPS) is 11.0. The number of aromatic nitrogens is 1. The number of halogens is 1. The van der Waals surface area contributed by atoms with Crippen molar-refractivity contribution in [2.24, 2.45) is 0 Å². The van der Waals surface area contributed by atoms with Gasteiger partial charge in [-0.15, -0.1) is 0 Å². The summed E-state index contributed by atoms with van der Waals surface area (Å²) in [5, 5.41) is 10.9. The van der Waals surface area contributed by atoms with Crippen LogP contribution in [0, 0.1) is 0 Å². The average molecular weight is 319 g/mol. The van der Waals surface area contributed by atoms with Crippen molar-refractivity contribution in [2.45, 2.75) is 6.54 Å². The maximum Gasteiger partial charge on any atom is 0.186 e. The highest BCUT2D eigenvalue weighted by atomic mass is 35.5. The zero-order chi connectivity index (χ0) is 14.7. The molecule has 108 valence electrons. The quantitative estimate of drug-likeness (QED) is 0.774. The van der Waals surface area contributed by atoms with Gasteiger partial charge in [-0.2, -0.15) is 0 Å². The monoisotopic (exact) mass is 318 g/mol. The molecule has 1 aromatic heterocycles. The molecule has 0 saturated carbocycles. The molecule has 21 heavy (non-hydrogen) atoms. The van der Waals surface area contributed by atoms with Crippen LogP contribution >= 0.6 is 22.9 Å². The first kappa shape index (κ1) is 14.3. The largest absolute Gasteiger partial charge is 0.395 e. The van der Waals surface area contributed by atoms with Crippen LogP contribution in [-0.4, -0.2) is 23.2 Å². The fourth-order valence-electron chi connectivity index (χ4n) is 2.19. The van der Waals surface area contributed by atoms with Gasteiger partial charge in [0.25, 0.3) is 0 Å². The lowest BCUT2D eigenvalue weighted by Gasteiger charge is -2.20. The number of aliphatic hydroxyl groups excluding tert-OH is 1. The van der Waals surface area contributed by atoms with E-state index in [0.717, 1.165) is 26.9 Å². The number of nitrogens with zero attached hydrogens (tertiary/aromatic N) is 2. The van der Waals surface area contributed by atoms with Gasteiger partial charge in [0.1, 0.15) is 0 Å². The summed E-state index contributed by atoms with van der Waals surface area (Å²) >= 11 is 7.62. The van der Waals surface area contributed by atoms with Crippen LogP contribution in [-0.2, 0) is 6.54 Å². The van der Waals surface area contributed by atoms with Crippen LogP contribution in [0.4, 0.5) is 5.13 Å². The van der Waals surface area contributed by atoms with E-state index >= 15 is 0 Å². The van der Waals surface area contributed by atoms with Gasteiger partial charge < -0.3 is 10.0 Å². The Labute approximate surface area is 132 Å². The number of anilines is 1. The molecule has 0 bridgehead atoms. The Morgan fingerprint density at radius 1 is 1.14 bits per heavy atom. The van der Waals surface area contributed by atoms with E-state index in [1.165, 1.54) is 5.56 Å². The van der Waals surface area contributed by atoms with E-state index in [4.69, 9.17) is 11.6 Å². The molecule has 0 amide bonds. The minimum absolute atomic E-state index is 0.101. The molecule has 0 spiro atoms. The third kappa shape index (κ3) is 3.35. The summed E-state index contributed by atoms with van der Waals surface area (Å²) in [5.74, 6) is 0. The maximum absolute atomic E-state index is 9.31. The van der Waals surface area contributed by atoms with Gasteiger partial charge in [0.05, 0.1) is 16.8 Å². The van der Waals surface area contributed by atoms with E-state index in [1.54, 1.807) is 11.3 Å². The van der Waals surface area contributed by atoms with Crippen LogP contribution in [0.1, 0.15) is 5.56 Å². The molecule has 0 atom stereocenters. The van der Waals surface area contributed by atoms with Gasteiger partial charge in [0, 0.05) is 18.1 Å². The van der Waals surface area contributed by atoms with E-state index in [2.05, 4.69) is 22.0 Å². The van der Waals surface area contributed by atoms with E-state index in [-0.39, 0.29) is 6.61 Å². The molecule has 1 N–H and O–H groups in total. The highest BCUT2D eigenvalue weighted by Crippen LogP contribution is 2.31. The van der Waals surface area contributed by atoms with Crippen molar-refractivity contribution < 1.29 is 5.11 Å². The summed E-state index contributed by atoms with van der Waals surface area (Å²) in [7, 11) is 0. The summed E-state index contributed by atoms with van der Waals surface area (Å²) < 4.78 is 1.06. The number of hydrogen-bond donors (Lipinski definition) is 1. The SMILES string of the molecule is OCCN(Cc1ccccc1)c1nc2ccc(Cl)cc2s1. The van der Waals surface area contributed by atoms with Gasteiger partial charge in [0.15, 0.2) is 5.13 Å². The first-order valence-corrected chi connectivity index (χ1v) is 7.91. The molecule has 3 aromatic rings. The molecule has 0 aliphatic rings. The van der Waals surface area contributed by atoms with Gasteiger partial charge in [-0.25, -0.2) is 4.98 Å². The molecule has 2 aromatic carbocycles. The zero-order valence-corrected chi connectivity index (χ0v) is 12.9. The van der Waals surface area contributed by atoms with Gasteiger partial charge >= 0.3 is 0 Å². The second-order valence-corrected chi connectivity index (χ2v) is 6.18. The van der Waals surface area contributed by atoms with Gasteiger partial charge in [-0.05, 0) is 23.8 Å². The lowest BCUT2D eigenvalue weighted by Crippen LogP contribution is -2.25. The summed E-state index contributed by atoms with van der Waals surface area (Å²) in [6.45, 7) is 1.39. The van der Waals surface area contributed by atoms with Crippen molar-refractivity contribution in [1.82, 2.24) is 4.98 Å². The first-order chi connectivity index (χ1) is 10.3. The van der Waals surface area contributed by atoms with Crippen molar-refractivity contribution >= 4 is 38.3 Å². The number of aliphatic hydroxyl groups is 1. The molecule has 5 heteroatoms. The van der Waals surface area contributed by atoms with E-state index in [9.17, 15) is 5.11 Å². The third-order valence-electron chi connectivity index (χ3n) is 3.20. The molecular formula is C16H15ClN2OS. The Kier molecular flexibility index (Phi) is 4.39. The fourth-order valence-corrected chi connectivity index (χ4v) is 3.45. The fraction of sp³-hybridized carbons (Fsp3) is 0.188. The number of rotatable bonds is 5. The molecule has 0 unspecified atom stereocenters. The Balaban J connectivity index is 1.91. The lowest BCUT2D eigenvalue weighted by molar-refractivity contribution is 0.301. The standard InChI is InChI=1S/C16H15ClN2OS/c17-13-6-7-14-15(10-13)21-16(18-14)19(8-9-20)11-12-4-2-1-3-5-12/h1-7,10,20H,8-9,11H2. The van der Waals surface area contributed by atoms with Crippen molar-refractivity contribution in [3.05, 3.63) is 59.1 Å². The molecule has 0 aliphatic carbocycles. The number of hydrogen-bond acceptors (Lipinski definition) is 4. The first-order valence-electron chi connectivity index (χ1n) is 6.72. The topological polar surface area (TPSA) is 36.4 Å². The molecule has 0 fully saturated rings. The molecule has 0 aliphatic heterocycles. The van der Waals surface area contributed by atoms with Crippen molar-refractivity contribution in [1.29, 1.82) is 0 Å². The van der Waals surface area contributed by atoms with Gasteiger partial charge in [0.2, 0.25) is 0 Å².